The quantitative estimate of drug-likeness (QED) is 0.429. The molecule has 1 atom stereocenters. The number of aromatic nitrogens is 2. The van der Waals surface area contributed by atoms with Gasteiger partial charge in [0.15, 0.2) is 5.82 Å². The molecular weight excluding hydrogens is 422 g/mol. The van der Waals surface area contributed by atoms with Crippen LogP contribution in [0.25, 0.3) is 33.4 Å². The summed E-state index contributed by atoms with van der Waals surface area (Å²) in [6, 6.07) is 23.9. The fourth-order valence-corrected chi connectivity index (χ4v) is 4.09. The van der Waals surface area contributed by atoms with Crippen LogP contribution in [0, 0.1) is 0 Å². The van der Waals surface area contributed by atoms with Gasteiger partial charge in [0, 0.05) is 30.9 Å². The van der Waals surface area contributed by atoms with Crippen LogP contribution in [-0.2, 0) is 0 Å². The molecule has 4 aromatic rings. The maximum absolute atomic E-state index is 11.9. The molecule has 0 radical (unpaired) electrons. The number of dihydropyridines is 1. The number of nitrogens with zero attached hydrogens (tertiary/aromatic N) is 3. The highest BCUT2D eigenvalue weighted by Crippen LogP contribution is 2.34. The van der Waals surface area contributed by atoms with Gasteiger partial charge in [0.2, 0.25) is 0 Å². The monoisotopic (exact) mass is 447 g/mol. The van der Waals surface area contributed by atoms with Crippen LogP contribution in [-0.4, -0.2) is 41.7 Å². The minimum Gasteiger partial charge on any atom is -0.367 e. The van der Waals surface area contributed by atoms with E-state index < -0.39 is 0 Å². The lowest BCUT2D eigenvalue weighted by Gasteiger charge is -2.17. The van der Waals surface area contributed by atoms with E-state index in [0.717, 1.165) is 39.8 Å². The average molecular weight is 448 g/mol. The Balaban J connectivity index is 1.60. The zero-order valence-electron chi connectivity index (χ0n) is 18.9. The Bertz CT molecular complexity index is 1380. The highest BCUT2D eigenvalue weighted by Gasteiger charge is 2.16. The lowest BCUT2D eigenvalue weighted by Crippen LogP contribution is -2.20. The summed E-state index contributed by atoms with van der Waals surface area (Å²) < 4.78 is 0. The Morgan fingerprint density at radius 3 is 2.50 bits per heavy atom. The first-order valence-electron chi connectivity index (χ1n) is 11.3. The topological polar surface area (TPSA) is 79.3 Å². The van der Waals surface area contributed by atoms with E-state index in [9.17, 15) is 4.79 Å². The predicted molar refractivity (Wildman–Crippen MR) is 138 cm³/mol. The van der Waals surface area contributed by atoms with E-state index in [2.05, 4.69) is 39.9 Å². The number of fused-ring (bicyclic) bond motifs is 1. The van der Waals surface area contributed by atoms with E-state index in [4.69, 9.17) is 9.97 Å². The summed E-state index contributed by atoms with van der Waals surface area (Å²) >= 11 is 0. The molecule has 5 rings (SSSR count). The van der Waals surface area contributed by atoms with Gasteiger partial charge in [0.05, 0.1) is 16.9 Å². The molecule has 0 saturated heterocycles. The lowest BCUT2D eigenvalue weighted by molar-refractivity contribution is 0.0963. The van der Waals surface area contributed by atoms with Gasteiger partial charge in [-0.1, -0.05) is 60.7 Å². The number of amides is 1. The summed E-state index contributed by atoms with van der Waals surface area (Å²) in [5.41, 5.74) is 4.49. The Hall–Kier alpha value is -4.32. The highest BCUT2D eigenvalue weighted by atomic mass is 16.1. The van der Waals surface area contributed by atoms with E-state index in [1.807, 2.05) is 54.8 Å². The zero-order chi connectivity index (χ0) is 23.3. The van der Waals surface area contributed by atoms with Crippen molar-refractivity contribution in [2.75, 3.05) is 18.9 Å². The largest absolute Gasteiger partial charge is 0.367 e. The molecule has 0 saturated carbocycles. The molecule has 6 heteroatoms. The zero-order valence-corrected chi connectivity index (χ0v) is 18.9. The number of aliphatic imine (C=N–C) groups is 1. The van der Waals surface area contributed by atoms with Gasteiger partial charge < -0.3 is 10.6 Å². The molecule has 1 aliphatic heterocycles. The second-order valence-electron chi connectivity index (χ2n) is 8.11. The Morgan fingerprint density at radius 2 is 1.76 bits per heavy atom. The molecule has 1 aliphatic rings. The SMILES string of the molecule is CNC(=O)c1ccc(-c2nc(NCC3CC=CC=N3)c3c(-c4ccccc4)cccc3n2)cc1. The minimum absolute atomic E-state index is 0.122. The number of hydrogen-bond donors (Lipinski definition) is 2. The van der Waals surface area contributed by atoms with Gasteiger partial charge in [-0.3, -0.25) is 9.79 Å². The predicted octanol–water partition coefficient (Wildman–Crippen LogP) is 5.13. The molecule has 1 unspecified atom stereocenters. The van der Waals surface area contributed by atoms with E-state index in [0.29, 0.717) is 17.9 Å². The molecule has 0 aliphatic carbocycles. The van der Waals surface area contributed by atoms with Crippen molar-refractivity contribution in [3.05, 3.63) is 90.5 Å². The summed E-state index contributed by atoms with van der Waals surface area (Å²) in [6.45, 7) is 0.672. The van der Waals surface area contributed by atoms with Crippen molar-refractivity contribution in [3.63, 3.8) is 0 Å². The minimum atomic E-state index is -0.122. The second kappa shape index (κ2) is 9.67. The van der Waals surface area contributed by atoms with Crippen LogP contribution in [0.4, 0.5) is 5.82 Å². The normalized spacial score (nSPS) is 14.8. The van der Waals surface area contributed by atoms with Crippen LogP contribution in [0.3, 0.4) is 0 Å². The standard InChI is InChI=1S/C28H25N5O/c1-29-28(34)21-15-13-20(14-16-21)26-32-24-12-7-11-23(19-8-3-2-4-9-19)25(24)27(33-26)31-18-22-10-5-6-17-30-22/h2-9,11-17,22H,10,18H2,1H3,(H,29,34)(H,31,32,33). The van der Waals surface area contributed by atoms with Crippen LogP contribution in [0.15, 0.2) is 89.9 Å². The molecule has 1 amide bonds. The van der Waals surface area contributed by atoms with Gasteiger partial charge in [0.1, 0.15) is 5.82 Å². The molecule has 0 fully saturated rings. The average Bonchev–Trinajstić information content (AvgIpc) is 2.92. The maximum Gasteiger partial charge on any atom is 0.251 e. The summed E-state index contributed by atoms with van der Waals surface area (Å²) in [7, 11) is 1.62. The molecule has 0 spiro atoms. The third-order valence-electron chi connectivity index (χ3n) is 5.87. The number of carbonyl (C=O) groups excluding carboxylic acids is 1. The second-order valence-corrected chi connectivity index (χ2v) is 8.11. The van der Waals surface area contributed by atoms with Crippen LogP contribution in [0.1, 0.15) is 16.8 Å². The highest BCUT2D eigenvalue weighted by molar-refractivity contribution is 6.02. The van der Waals surface area contributed by atoms with Gasteiger partial charge in [-0.15, -0.1) is 0 Å². The summed E-state index contributed by atoms with van der Waals surface area (Å²) in [4.78, 5) is 26.3. The van der Waals surface area contributed by atoms with Crippen molar-refractivity contribution in [2.45, 2.75) is 12.5 Å². The summed E-state index contributed by atoms with van der Waals surface area (Å²) in [5, 5.41) is 7.18. The molecule has 34 heavy (non-hydrogen) atoms. The molecule has 1 aromatic heterocycles. The number of rotatable bonds is 6. The number of hydrogen-bond acceptors (Lipinski definition) is 5. The van der Waals surface area contributed by atoms with Crippen molar-refractivity contribution >= 4 is 28.8 Å². The molecule has 6 nitrogen and oxygen atoms in total. The van der Waals surface area contributed by atoms with E-state index >= 15 is 0 Å². The fourth-order valence-electron chi connectivity index (χ4n) is 4.09. The molecule has 0 bridgehead atoms. The number of anilines is 1. The fraction of sp³-hybridized carbons (Fsp3) is 0.143. The Morgan fingerprint density at radius 1 is 0.941 bits per heavy atom. The van der Waals surface area contributed by atoms with Gasteiger partial charge >= 0.3 is 0 Å². The first-order chi connectivity index (χ1) is 16.7. The molecule has 2 heterocycles. The van der Waals surface area contributed by atoms with Crippen LogP contribution in [0.5, 0.6) is 0 Å². The van der Waals surface area contributed by atoms with Gasteiger partial charge in [0.25, 0.3) is 5.91 Å². The van der Waals surface area contributed by atoms with Gasteiger partial charge in [-0.05, 0) is 41.8 Å². The first-order valence-corrected chi connectivity index (χ1v) is 11.3. The third kappa shape index (κ3) is 4.43. The number of carbonyl (C=O) groups is 1. The Labute approximate surface area is 198 Å². The van der Waals surface area contributed by atoms with Crippen molar-refractivity contribution in [1.29, 1.82) is 0 Å². The van der Waals surface area contributed by atoms with Crippen LogP contribution < -0.4 is 10.6 Å². The van der Waals surface area contributed by atoms with E-state index in [-0.39, 0.29) is 11.9 Å². The number of allylic oxidation sites excluding steroid dienone is 1. The molecule has 3 aromatic carbocycles. The maximum atomic E-state index is 11.9. The third-order valence-corrected chi connectivity index (χ3v) is 5.87. The van der Waals surface area contributed by atoms with Gasteiger partial charge in [-0.25, -0.2) is 9.97 Å². The molecule has 2 N–H and O–H groups in total. The van der Waals surface area contributed by atoms with Gasteiger partial charge in [-0.2, -0.15) is 0 Å². The molecule has 168 valence electrons. The van der Waals surface area contributed by atoms with Crippen molar-refractivity contribution < 1.29 is 4.79 Å². The summed E-state index contributed by atoms with van der Waals surface area (Å²) in [5.74, 6) is 1.26. The van der Waals surface area contributed by atoms with Crippen molar-refractivity contribution in [1.82, 2.24) is 15.3 Å². The molecular formula is C28H25N5O. The van der Waals surface area contributed by atoms with E-state index in [1.165, 1.54) is 0 Å². The number of benzene rings is 3. The van der Waals surface area contributed by atoms with Crippen molar-refractivity contribution in [3.8, 4) is 22.5 Å². The lowest BCUT2D eigenvalue weighted by atomic mass is 10.0. The van der Waals surface area contributed by atoms with Crippen LogP contribution in [0.2, 0.25) is 0 Å². The first kappa shape index (κ1) is 21.5. The van der Waals surface area contributed by atoms with E-state index in [1.54, 1.807) is 19.2 Å². The Kier molecular flexibility index (Phi) is 6.12. The summed E-state index contributed by atoms with van der Waals surface area (Å²) in [6.07, 6.45) is 6.85. The smallest absolute Gasteiger partial charge is 0.251 e. The van der Waals surface area contributed by atoms with Crippen LogP contribution >= 0.6 is 0 Å². The number of nitrogens with one attached hydrogen (secondary N) is 2. The van der Waals surface area contributed by atoms with Crippen molar-refractivity contribution in [2.24, 2.45) is 4.99 Å².